The standard InChI is InChI=1S/C16H13F3O3/c1-21-15-8-7-11(9-13(15)16(17,18)19)14(20)10-22-12-5-3-2-4-6-12/h2-9H,10H2,1H3. The van der Waals surface area contributed by atoms with E-state index in [2.05, 4.69) is 4.74 Å². The molecule has 0 N–H and O–H groups in total. The van der Waals surface area contributed by atoms with E-state index in [4.69, 9.17) is 4.74 Å². The van der Waals surface area contributed by atoms with Crippen LogP contribution in [0.2, 0.25) is 0 Å². The number of benzene rings is 2. The van der Waals surface area contributed by atoms with Crippen LogP contribution in [0, 0.1) is 0 Å². The minimum atomic E-state index is -4.60. The zero-order valence-electron chi connectivity index (χ0n) is 11.7. The molecule has 0 aromatic heterocycles. The molecule has 0 saturated heterocycles. The molecule has 2 rings (SSSR count). The summed E-state index contributed by atoms with van der Waals surface area (Å²) in [6.07, 6.45) is -4.60. The van der Waals surface area contributed by atoms with Crippen LogP contribution in [0.25, 0.3) is 0 Å². The van der Waals surface area contributed by atoms with Crippen LogP contribution in [-0.4, -0.2) is 19.5 Å². The van der Waals surface area contributed by atoms with Crippen molar-refractivity contribution in [2.24, 2.45) is 0 Å². The predicted octanol–water partition coefficient (Wildman–Crippen LogP) is 3.98. The minimum Gasteiger partial charge on any atom is -0.496 e. The lowest BCUT2D eigenvalue weighted by Gasteiger charge is -2.13. The zero-order valence-corrected chi connectivity index (χ0v) is 11.7. The highest BCUT2D eigenvalue weighted by Crippen LogP contribution is 2.36. The summed E-state index contributed by atoms with van der Waals surface area (Å²) in [5, 5.41) is 0. The van der Waals surface area contributed by atoms with Crippen molar-refractivity contribution >= 4 is 5.78 Å². The van der Waals surface area contributed by atoms with Gasteiger partial charge in [0.2, 0.25) is 0 Å². The number of carbonyl (C=O) groups excluding carboxylic acids is 1. The van der Waals surface area contributed by atoms with Crippen LogP contribution in [0.15, 0.2) is 48.5 Å². The van der Waals surface area contributed by atoms with Gasteiger partial charge in [0.05, 0.1) is 12.7 Å². The second-order valence-corrected chi connectivity index (χ2v) is 4.44. The van der Waals surface area contributed by atoms with Gasteiger partial charge in [-0.2, -0.15) is 13.2 Å². The monoisotopic (exact) mass is 310 g/mol. The summed E-state index contributed by atoms with van der Waals surface area (Å²) in [5.41, 5.74) is -1.07. The van der Waals surface area contributed by atoms with Crippen LogP contribution < -0.4 is 9.47 Å². The molecule has 0 amide bonds. The molecule has 0 atom stereocenters. The highest BCUT2D eigenvalue weighted by molar-refractivity contribution is 5.97. The lowest BCUT2D eigenvalue weighted by Crippen LogP contribution is -2.14. The van der Waals surface area contributed by atoms with Crippen LogP contribution in [0.4, 0.5) is 13.2 Å². The maximum absolute atomic E-state index is 12.9. The predicted molar refractivity (Wildman–Crippen MR) is 74.3 cm³/mol. The third-order valence-corrected chi connectivity index (χ3v) is 2.94. The number of halogens is 3. The van der Waals surface area contributed by atoms with E-state index in [1.54, 1.807) is 30.3 Å². The Balaban J connectivity index is 2.16. The second kappa shape index (κ2) is 6.51. The average molecular weight is 310 g/mol. The quantitative estimate of drug-likeness (QED) is 0.784. The number of para-hydroxylation sites is 1. The van der Waals surface area contributed by atoms with Gasteiger partial charge in [-0.25, -0.2) is 0 Å². The number of carbonyl (C=O) groups is 1. The summed E-state index contributed by atoms with van der Waals surface area (Å²) in [4.78, 5) is 12.0. The molecule has 0 aliphatic carbocycles. The Morgan fingerprint density at radius 3 is 2.36 bits per heavy atom. The molecule has 0 radical (unpaired) electrons. The minimum absolute atomic E-state index is 0.0796. The first-order valence-corrected chi connectivity index (χ1v) is 6.38. The van der Waals surface area contributed by atoms with Crippen molar-refractivity contribution in [3.63, 3.8) is 0 Å². The maximum Gasteiger partial charge on any atom is 0.419 e. The third kappa shape index (κ3) is 3.78. The maximum atomic E-state index is 12.9. The van der Waals surface area contributed by atoms with E-state index in [1.807, 2.05) is 0 Å². The third-order valence-electron chi connectivity index (χ3n) is 2.94. The number of methoxy groups -OCH3 is 1. The Kier molecular flexibility index (Phi) is 4.70. The van der Waals surface area contributed by atoms with Crippen molar-refractivity contribution in [2.45, 2.75) is 6.18 Å². The van der Waals surface area contributed by atoms with Crippen LogP contribution >= 0.6 is 0 Å². The van der Waals surface area contributed by atoms with E-state index in [1.165, 1.54) is 6.07 Å². The van der Waals surface area contributed by atoms with Gasteiger partial charge in [0, 0.05) is 5.56 Å². The first kappa shape index (κ1) is 15.9. The highest BCUT2D eigenvalue weighted by Gasteiger charge is 2.35. The summed E-state index contributed by atoms with van der Waals surface area (Å²) in [6, 6.07) is 11.7. The number of rotatable bonds is 5. The van der Waals surface area contributed by atoms with Crippen LogP contribution in [0.1, 0.15) is 15.9 Å². The van der Waals surface area contributed by atoms with Crippen LogP contribution in [-0.2, 0) is 6.18 Å². The number of ketones is 1. The van der Waals surface area contributed by atoms with E-state index in [0.717, 1.165) is 19.2 Å². The van der Waals surface area contributed by atoms with Gasteiger partial charge in [0.15, 0.2) is 12.4 Å². The molecule has 0 aliphatic heterocycles. The number of ether oxygens (including phenoxy) is 2. The molecule has 0 saturated carbocycles. The van der Waals surface area contributed by atoms with Gasteiger partial charge in [0.25, 0.3) is 0 Å². The van der Waals surface area contributed by atoms with Crippen LogP contribution in [0.5, 0.6) is 11.5 Å². The number of alkyl halides is 3. The van der Waals surface area contributed by atoms with Gasteiger partial charge in [-0.05, 0) is 30.3 Å². The molecule has 0 unspecified atom stereocenters. The normalized spacial score (nSPS) is 11.1. The van der Waals surface area contributed by atoms with Gasteiger partial charge < -0.3 is 9.47 Å². The van der Waals surface area contributed by atoms with Gasteiger partial charge in [-0.15, -0.1) is 0 Å². The fourth-order valence-corrected chi connectivity index (χ4v) is 1.85. The largest absolute Gasteiger partial charge is 0.496 e. The molecule has 3 nitrogen and oxygen atoms in total. The molecule has 6 heteroatoms. The zero-order chi connectivity index (χ0) is 16.2. The van der Waals surface area contributed by atoms with E-state index in [0.29, 0.717) is 5.75 Å². The molecule has 22 heavy (non-hydrogen) atoms. The SMILES string of the molecule is COc1ccc(C(=O)COc2ccccc2)cc1C(F)(F)F. The number of Topliss-reactive ketones (excluding diaryl/α,β-unsaturated/α-hetero) is 1. The molecule has 2 aromatic carbocycles. The van der Waals surface area contributed by atoms with Crippen molar-refractivity contribution in [3.05, 3.63) is 59.7 Å². The van der Waals surface area contributed by atoms with Crippen molar-refractivity contribution in [1.82, 2.24) is 0 Å². The van der Waals surface area contributed by atoms with Crippen LogP contribution in [0.3, 0.4) is 0 Å². The Morgan fingerprint density at radius 1 is 1.09 bits per heavy atom. The Bertz CT molecular complexity index is 651. The summed E-state index contributed by atoms with van der Waals surface area (Å²) in [6.45, 7) is -0.340. The lowest BCUT2D eigenvalue weighted by molar-refractivity contribution is -0.138. The molecule has 0 fully saturated rings. The Morgan fingerprint density at radius 2 is 1.77 bits per heavy atom. The lowest BCUT2D eigenvalue weighted by atomic mass is 10.1. The molecule has 0 bridgehead atoms. The fourth-order valence-electron chi connectivity index (χ4n) is 1.85. The molecular weight excluding hydrogens is 297 g/mol. The first-order valence-electron chi connectivity index (χ1n) is 6.38. The molecule has 0 spiro atoms. The van der Waals surface area contributed by atoms with Gasteiger partial charge in [0.1, 0.15) is 11.5 Å². The summed E-state index contributed by atoms with van der Waals surface area (Å²) >= 11 is 0. The molecule has 2 aromatic rings. The summed E-state index contributed by atoms with van der Waals surface area (Å²) in [7, 11) is 1.14. The van der Waals surface area contributed by atoms with E-state index in [-0.39, 0.29) is 17.9 Å². The van der Waals surface area contributed by atoms with Crippen molar-refractivity contribution in [1.29, 1.82) is 0 Å². The van der Waals surface area contributed by atoms with Gasteiger partial charge in [-0.3, -0.25) is 4.79 Å². The number of hydrogen-bond acceptors (Lipinski definition) is 3. The van der Waals surface area contributed by atoms with E-state index < -0.39 is 17.5 Å². The van der Waals surface area contributed by atoms with Crippen molar-refractivity contribution in [3.8, 4) is 11.5 Å². The Labute approximate surface area is 125 Å². The van der Waals surface area contributed by atoms with Crippen molar-refractivity contribution < 1.29 is 27.4 Å². The second-order valence-electron chi connectivity index (χ2n) is 4.44. The first-order chi connectivity index (χ1) is 10.4. The summed E-state index contributed by atoms with van der Waals surface area (Å²) < 4.78 is 48.6. The number of hydrogen-bond donors (Lipinski definition) is 0. The fraction of sp³-hybridized carbons (Fsp3) is 0.188. The Hall–Kier alpha value is -2.50. The average Bonchev–Trinajstić information content (AvgIpc) is 2.52. The highest BCUT2D eigenvalue weighted by atomic mass is 19.4. The molecule has 116 valence electrons. The molecule has 0 heterocycles. The van der Waals surface area contributed by atoms with Gasteiger partial charge in [-0.1, -0.05) is 18.2 Å². The topological polar surface area (TPSA) is 35.5 Å². The molecule has 0 aliphatic rings. The molecular formula is C16H13F3O3. The van der Waals surface area contributed by atoms with E-state index >= 15 is 0 Å². The van der Waals surface area contributed by atoms with Crippen molar-refractivity contribution in [2.75, 3.05) is 13.7 Å². The smallest absolute Gasteiger partial charge is 0.419 e. The summed E-state index contributed by atoms with van der Waals surface area (Å²) in [5.74, 6) is -0.398. The van der Waals surface area contributed by atoms with E-state index in [9.17, 15) is 18.0 Å². The van der Waals surface area contributed by atoms with Gasteiger partial charge >= 0.3 is 6.18 Å².